The van der Waals surface area contributed by atoms with E-state index in [0.717, 1.165) is 83.9 Å². The van der Waals surface area contributed by atoms with Crippen LogP contribution in [0.25, 0.3) is 139 Å². The third-order valence-electron chi connectivity index (χ3n) is 16.1. The van der Waals surface area contributed by atoms with Gasteiger partial charge >= 0.3 is 0 Å². The van der Waals surface area contributed by atoms with Crippen molar-refractivity contribution < 1.29 is 8.83 Å². The zero-order chi connectivity index (χ0) is 49.8. The molecule has 0 saturated carbocycles. The smallest absolute Gasteiger partial charge is 0.135 e. The Bertz CT molecular complexity index is 4790. The van der Waals surface area contributed by atoms with Crippen molar-refractivity contribution >= 4 is 82.7 Å². The molecule has 356 valence electrons. The summed E-state index contributed by atoms with van der Waals surface area (Å²) in [5.41, 5.74) is 22.8. The summed E-state index contributed by atoms with van der Waals surface area (Å²) in [6.07, 6.45) is 5.71. The van der Waals surface area contributed by atoms with Gasteiger partial charge in [-0.15, -0.1) is 0 Å². The Hall–Kier alpha value is -9.90. The molecule has 0 spiro atoms. The highest BCUT2D eigenvalue weighted by molar-refractivity contribution is 6.12. The molecule has 0 N–H and O–H groups in total. The monoisotopic (exact) mass is 970 g/mol. The van der Waals surface area contributed by atoms with E-state index in [-0.39, 0.29) is 5.92 Å². The maximum absolute atomic E-state index is 6.27. The molecular weight excluding hydrogens is 925 g/mol. The summed E-state index contributed by atoms with van der Waals surface area (Å²) in [4.78, 5) is 0. The molecule has 76 heavy (non-hydrogen) atoms. The zero-order valence-electron chi connectivity index (χ0n) is 41.3. The summed E-state index contributed by atoms with van der Waals surface area (Å²) >= 11 is 0. The number of hydrogen-bond acceptors (Lipinski definition) is 2. The van der Waals surface area contributed by atoms with Crippen LogP contribution in [0.2, 0.25) is 0 Å². The van der Waals surface area contributed by atoms with Gasteiger partial charge in [0.15, 0.2) is 0 Å². The predicted molar refractivity (Wildman–Crippen MR) is 316 cm³/mol. The third-order valence-corrected chi connectivity index (χ3v) is 16.1. The fraction of sp³-hybridized carbons (Fsp3) is 0.0278. The standard InChI is InChI=1S/C72H46N2O2/c1-3-14-45(15-4-1)53-36-54(46-16-5-2-6-17-46)39-56(38-53)74-65-23-10-7-20-57(65)60-40-48(26-31-66(60)74)49-27-32-67-61(41-49)62-42-50(52-30-35-72-64(44-52)59-22-9-12-25-70(59)76-72)28-33-68(62)73(67)55-19-13-18-47(37-55)51-29-34-71-63(43-51)58-21-8-11-24-69(58)75-71/h1-39,41-44,48H,40H2. The van der Waals surface area contributed by atoms with E-state index in [2.05, 4.69) is 246 Å². The molecule has 15 aromatic rings. The molecule has 4 aromatic heterocycles. The minimum absolute atomic E-state index is 0.169. The number of aromatic nitrogens is 2. The molecule has 1 aliphatic carbocycles. The molecule has 11 aromatic carbocycles. The average molecular weight is 971 g/mol. The minimum atomic E-state index is 0.169. The van der Waals surface area contributed by atoms with E-state index in [1.54, 1.807) is 0 Å². The van der Waals surface area contributed by atoms with Crippen LogP contribution in [0.1, 0.15) is 22.7 Å². The van der Waals surface area contributed by atoms with E-state index in [4.69, 9.17) is 8.83 Å². The van der Waals surface area contributed by atoms with Gasteiger partial charge in [0, 0.05) is 60.7 Å². The van der Waals surface area contributed by atoms with Crippen molar-refractivity contribution in [2.75, 3.05) is 0 Å². The van der Waals surface area contributed by atoms with Crippen molar-refractivity contribution in [1.82, 2.24) is 9.13 Å². The molecular formula is C72H46N2O2. The summed E-state index contributed by atoms with van der Waals surface area (Å²) in [5.74, 6) is 0.169. The predicted octanol–water partition coefficient (Wildman–Crippen LogP) is 19.5. The lowest BCUT2D eigenvalue weighted by molar-refractivity contribution is 0.668. The van der Waals surface area contributed by atoms with Crippen molar-refractivity contribution in [1.29, 1.82) is 0 Å². The van der Waals surface area contributed by atoms with E-state index in [1.165, 1.54) is 71.8 Å². The van der Waals surface area contributed by atoms with E-state index >= 15 is 0 Å². The molecule has 1 atom stereocenters. The second-order valence-corrected chi connectivity index (χ2v) is 20.4. The first-order valence-corrected chi connectivity index (χ1v) is 26.2. The van der Waals surface area contributed by atoms with Crippen LogP contribution < -0.4 is 0 Å². The van der Waals surface area contributed by atoms with Crippen LogP contribution in [0, 0.1) is 0 Å². The van der Waals surface area contributed by atoms with Crippen molar-refractivity contribution in [2.24, 2.45) is 0 Å². The van der Waals surface area contributed by atoms with Crippen LogP contribution in [0.4, 0.5) is 0 Å². The number of benzene rings is 11. The van der Waals surface area contributed by atoms with E-state index in [9.17, 15) is 0 Å². The first-order chi connectivity index (χ1) is 37.6. The van der Waals surface area contributed by atoms with Gasteiger partial charge in [0.2, 0.25) is 0 Å². The Labute approximate surface area is 438 Å². The Morgan fingerprint density at radius 1 is 0.303 bits per heavy atom. The second kappa shape index (κ2) is 16.8. The molecule has 16 rings (SSSR count). The first kappa shape index (κ1) is 42.6. The van der Waals surface area contributed by atoms with Crippen LogP contribution in [-0.4, -0.2) is 9.13 Å². The number of furan rings is 2. The summed E-state index contributed by atoms with van der Waals surface area (Å²) in [6.45, 7) is 0. The lowest BCUT2D eigenvalue weighted by Crippen LogP contribution is -2.07. The molecule has 0 fully saturated rings. The summed E-state index contributed by atoms with van der Waals surface area (Å²) in [6, 6.07) is 90.5. The van der Waals surface area contributed by atoms with Gasteiger partial charge in [0.1, 0.15) is 22.3 Å². The zero-order valence-corrected chi connectivity index (χ0v) is 41.3. The number of para-hydroxylation sites is 3. The van der Waals surface area contributed by atoms with Crippen LogP contribution >= 0.6 is 0 Å². The van der Waals surface area contributed by atoms with E-state index < -0.39 is 0 Å². The topological polar surface area (TPSA) is 36.1 Å². The Balaban J connectivity index is 0.841. The molecule has 0 saturated heterocycles. The van der Waals surface area contributed by atoms with Gasteiger partial charge < -0.3 is 18.0 Å². The van der Waals surface area contributed by atoms with Gasteiger partial charge in [-0.05, 0) is 165 Å². The largest absolute Gasteiger partial charge is 0.456 e. The molecule has 4 heterocycles. The van der Waals surface area contributed by atoms with Crippen molar-refractivity contribution in [2.45, 2.75) is 12.3 Å². The third kappa shape index (κ3) is 6.77. The van der Waals surface area contributed by atoms with Crippen molar-refractivity contribution in [3.05, 3.63) is 272 Å². The van der Waals surface area contributed by atoms with E-state index in [0.29, 0.717) is 0 Å². The minimum Gasteiger partial charge on any atom is -0.456 e. The lowest BCUT2D eigenvalue weighted by atomic mass is 9.86. The quantitative estimate of drug-likeness (QED) is 0.160. The molecule has 4 nitrogen and oxygen atoms in total. The van der Waals surface area contributed by atoms with Gasteiger partial charge in [-0.1, -0.05) is 158 Å². The molecule has 1 unspecified atom stereocenters. The number of hydrogen-bond donors (Lipinski definition) is 0. The Kier molecular flexibility index (Phi) is 9.43. The lowest BCUT2D eigenvalue weighted by Gasteiger charge is -2.20. The molecule has 0 radical (unpaired) electrons. The number of allylic oxidation sites excluding steroid dienone is 1. The fourth-order valence-electron chi connectivity index (χ4n) is 12.4. The molecule has 0 bridgehead atoms. The summed E-state index contributed by atoms with van der Waals surface area (Å²) in [5, 5.41) is 8.25. The Morgan fingerprint density at radius 3 is 1.45 bits per heavy atom. The van der Waals surface area contributed by atoms with Crippen LogP contribution in [0.15, 0.2) is 264 Å². The average Bonchev–Trinajstić information content (AvgIpc) is 4.25. The van der Waals surface area contributed by atoms with E-state index in [1.807, 2.05) is 24.3 Å². The molecule has 0 aliphatic heterocycles. The maximum atomic E-state index is 6.27. The van der Waals surface area contributed by atoms with Gasteiger partial charge in [0.25, 0.3) is 0 Å². The highest BCUT2D eigenvalue weighted by Gasteiger charge is 2.26. The highest BCUT2D eigenvalue weighted by Crippen LogP contribution is 2.44. The maximum Gasteiger partial charge on any atom is 0.135 e. The molecule has 0 amide bonds. The number of nitrogens with zero attached hydrogens (tertiary/aromatic N) is 2. The first-order valence-electron chi connectivity index (χ1n) is 26.2. The van der Waals surface area contributed by atoms with Gasteiger partial charge in [-0.3, -0.25) is 0 Å². The Morgan fingerprint density at radius 2 is 0.789 bits per heavy atom. The molecule has 1 aliphatic rings. The van der Waals surface area contributed by atoms with Gasteiger partial charge in [0.05, 0.1) is 16.6 Å². The normalized spacial score (nSPS) is 13.6. The molecule has 4 heteroatoms. The van der Waals surface area contributed by atoms with Crippen molar-refractivity contribution in [3.63, 3.8) is 0 Å². The summed E-state index contributed by atoms with van der Waals surface area (Å²) in [7, 11) is 0. The number of rotatable bonds is 7. The number of fused-ring (bicyclic) bond motifs is 12. The van der Waals surface area contributed by atoms with Crippen LogP contribution in [0.5, 0.6) is 0 Å². The highest BCUT2D eigenvalue weighted by atomic mass is 16.3. The fourth-order valence-corrected chi connectivity index (χ4v) is 12.4. The van der Waals surface area contributed by atoms with Gasteiger partial charge in [-0.25, -0.2) is 0 Å². The van der Waals surface area contributed by atoms with Gasteiger partial charge in [-0.2, -0.15) is 0 Å². The second-order valence-electron chi connectivity index (χ2n) is 20.4. The summed E-state index contributed by atoms with van der Waals surface area (Å²) < 4.78 is 17.4. The SMILES string of the molecule is C1=CC(c2ccc3c(c2)c2cc(-c4ccc5oc6ccccc6c5c4)ccc2n3-c2cccc(-c3ccc4oc5ccccc5c4c3)c2)Cc2c1n(-c1cc(-c3ccccc3)cc(-c3ccccc3)c1)c1ccccc21. The van der Waals surface area contributed by atoms with Crippen LogP contribution in [0.3, 0.4) is 0 Å². The van der Waals surface area contributed by atoms with Crippen molar-refractivity contribution in [3.8, 4) is 55.9 Å². The van der Waals surface area contributed by atoms with Crippen LogP contribution in [-0.2, 0) is 6.42 Å².